The zero-order chi connectivity index (χ0) is 24.2. The van der Waals surface area contributed by atoms with Gasteiger partial charge in [0.05, 0.1) is 21.3 Å². The summed E-state index contributed by atoms with van der Waals surface area (Å²) in [5, 5.41) is 2.78. The molecule has 0 saturated heterocycles. The smallest absolute Gasteiger partial charge is 0.291 e. The number of furan rings is 1. The van der Waals surface area contributed by atoms with Gasteiger partial charge in [0.2, 0.25) is 0 Å². The van der Waals surface area contributed by atoms with E-state index in [1.54, 1.807) is 24.3 Å². The van der Waals surface area contributed by atoms with Crippen LogP contribution in [0.1, 0.15) is 48.9 Å². The summed E-state index contributed by atoms with van der Waals surface area (Å²) >= 11 is 0. The van der Waals surface area contributed by atoms with Crippen LogP contribution in [-0.2, 0) is 5.41 Å². The van der Waals surface area contributed by atoms with Crippen molar-refractivity contribution in [3.05, 3.63) is 59.4 Å². The Kier molecular flexibility index (Phi) is 7.21. The first-order valence-electron chi connectivity index (χ1n) is 10.7. The second-order valence-corrected chi connectivity index (χ2v) is 8.30. The number of hydrogen-bond acceptors (Lipinski definition) is 6. The van der Waals surface area contributed by atoms with Crippen LogP contribution in [0.4, 0.5) is 5.69 Å². The number of aryl methyl sites for hydroxylation is 1. The molecular weight excluding hydrogens is 422 g/mol. The highest BCUT2D eigenvalue weighted by Gasteiger charge is 2.21. The molecule has 0 unspecified atom stereocenters. The van der Waals surface area contributed by atoms with E-state index < -0.39 is 5.91 Å². The molecule has 1 amide bonds. The molecule has 0 saturated carbocycles. The number of methoxy groups -OCH3 is 3. The predicted octanol–water partition coefficient (Wildman–Crippen LogP) is 6.35. The highest BCUT2D eigenvalue weighted by atomic mass is 16.6. The summed E-state index contributed by atoms with van der Waals surface area (Å²) in [6.07, 6.45) is 0.999. The van der Waals surface area contributed by atoms with E-state index in [1.165, 1.54) is 26.9 Å². The number of hydrogen-bond donors (Lipinski definition) is 1. The third kappa shape index (κ3) is 5.25. The minimum atomic E-state index is -0.468. The monoisotopic (exact) mass is 453 g/mol. The van der Waals surface area contributed by atoms with Gasteiger partial charge in [0.15, 0.2) is 5.76 Å². The van der Waals surface area contributed by atoms with Gasteiger partial charge in [-0.05, 0) is 42.0 Å². The fraction of sp³-hybridized carbons (Fsp3) is 0.346. The summed E-state index contributed by atoms with van der Waals surface area (Å²) in [4.78, 5) is 12.9. The van der Waals surface area contributed by atoms with Gasteiger partial charge in [-0.15, -0.1) is 0 Å². The Morgan fingerprint density at radius 2 is 1.61 bits per heavy atom. The lowest BCUT2D eigenvalue weighted by molar-refractivity contribution is 0.0991. The van der Waals surface area contributed by atoms with Crippen LogP contribution in [0, 0.1) is 6.92 Å². The van der Waals surface area contributed by atoms with Crippen molar-refractivity contribution in [1.82, 2.24) is 0 Å². The van der Waals surface area contributed by atoms with Crippen LogP contribution in [0.15, 0.2) is 46.9 Å². The van der Waals surface area contributed by atoms with Crippen molar-refractivity contribution in [2.45, 2.75) is 39.5 Å². The Labute approximate surface area is 194 Å². The highest BCUT2D eigenvalue weighted by Crippen LogP contribution is 2.39. The maximum Gasteiger partial charge on any atom is 0.291 e. The quantitative estimate of drug-likeness (QED) is 0.407. The maximum atomic E-state index is 12.9. The molecule has 3 aromatic rings. The number of nitrogens with one attached hydrogen (secondary N) is 1. The molecule has 0 bridgehead atoms. The third-order valence-corrected chi connectivity index (χ3v) is 5.82. The summed E-state index contributed by atoms with van der Waals surface area (Å²) in [6.45, 7) is 8.51. The summed E-state index contributed by atoms with van der Waals surface area (Å²) in [7, 11) is 4.54. The molecule has 0 aliphatic heterocycles. The Morgan fingerprint density at radius 1 is 0.939 bits per heavy atom. The van der Waals surface area contributed by atoms with Gasteiger partial charge in [0.1, 0.15) is 28.7 Å². The van der Waals surface area contributed by atoms with Crippen LogP contribution in [0.3, 0.4) is 0 Å². The van der Waals surface area contributed by atoms with E-state index in [4.69, 9.17) is 23.4 Å². The van der Waals surface area contributed by atoms with Crippen molar-refractivity contribution in [1.29, 1.82) is 0 Å². The van der Waals surface area contributed by atoms with E-state index in [1.807, 2.05) is 19.1 Å². The van der Waals surface area contributed by atoms with Gasteiger partial charge >= 0.3 is 0 Å². The van der Waals surface area contributed by atoms with Crippen molar-refractivity contribution in [3.63, 3.8) is 0 Å². The summed E-state index contributed by atoms with van der Waals surface area (Å²) in [5.74, 6) is 1.87. The molecule has 3 rings (SSSR count). The van der Waals surface area contributed by atoms with Gasteiger partial charge in [-0.2, -0.15) is 0 Å². The minimum Gasteiger partial charge on any atom is -0.496 e. The van der Waals surface area contributed by atoms with E-state index in [-0.39, 0.29) is 17.1 Å². The molecule has 0 radical (unpaired) electrons. The number of amides is 1. The Bertz CT molecular complexity index is 1110. The van der Waals surface area contributed by atoms with Crippen molar-refractivity contribution in [2.24, 2.45) is 0 Å². The summed E-state index contributed by atoms with van der Waals surface area (Å²) in [6, 6.07) is 12.7. The predicted molar refractivity (Wildman–Crippen MR) is 127 cm³/mol. The molecule has 0 atom stereocenters. The SMILES string of the molecule is CCC(C)(C)c1ccc(C)c(Oc2ccc(C(=O)Nc3c(OC)cc(OC)cc3OC)o2)c1. The molecule has 1 heterocycles. The van der Waals surface area contributed by atoms with Crippen molar-refractivity contribution < 1.29 is 28.2 Å². The van der Waals surface area contributed by atoms with Crippen LogP contribution in [-0.4, -0.2) is 27.2 Å². The fourth-order valence-corrected chi connectivity index (χ4v) is 3.24. The average molecular weight is 454 g/mol. The van der Waals surface area contributed by atoms with E-state index in [9.17, 15) is 4.79 Å². The van der Waals surface area contributed by atoms with Crippen LogP contribution in [0.25, 0.3) is 0 Å². The number of benzene rings is 2. The molecule has 2 aromatic carbocycles. The van der Waals surface area contributed by atoms with E-state index in [0.717, 1.165) is 12.0 Å². The molecule has 0 fully saturated rings. The first kappa shape index (κ1) is 24.0. The molecule has 7 heteroatoms. The molecule has 7 nitrogen and oxygen atoms in total. The molecule has 0 aliphatic rings. The van der Waals surface area contributed by atoms with Gasteiger partial charge in [-0.25, -0.2) is 0 Å². The molecule has 0 spiro atoms. The topological polar surface area (TPSA) is 79.2 Å². The van der Waals surface area contributed by atoms with Crippen LogP contribution < -0.4 is 24.3 Å². The number of anilines is 1. The highest BCUT2D eigenvalue weighted by molar-refractivity contribution is 6.04. The van der Waals surface area contributed by atoms with Crippen molar-refractivity contribution >= 4 is 11.6 Å². The molecule has 0 aliphatic carbocycles. The molecule has 176 valence electrons. The first-order chi connectivity index (χ1) is 15.7. The van der Waals surface area contributed by atoms with Gasteiger partial charge in [0.25, 0.3) is 11.9 Å². The van der Waals surface area contributed by atoms with Gasteiger partial charge in [0, 0.05) is 18.2 Å². The van der Waals surface area contributed by atoms with Crippen molar-refractivity contribution in [3.8, 4) is 28.9 Å². The molecule has 1 N–H and O–H groups in total. The van der Waals surface area contributed by atoms with E-state index in [0.29, 0.717) is 28.7 Å². The lowest BCUT2D eigenvalue weighted by Gasteiger charge is -2.24. The molecule has 33 heavy (non-hydrogen) atoms. The number of carbonyl (C=O) groups is 1. The van der Waals surface area contributed by atoms with Gasteiger partial charge < -0.3 is 28.7 Å². The fourth-order valence-electron chi connectivity index (χ4n) is 3.24. The number of carbonyl (C=O) groups excluding carboxylic acids is 1. The summed E-state index contributed by atoms with van der Waals surface area (Å²) < 4.78 is 27.7. The Morgan fingerprint density at radius 3 is 2.18 bits per heavy atom. The summed E-state index contributed by atoms with van der Waals surface area (Å²) in [5.41, 5.74) is 2.54. The lowest BCUT2D eigenvalue weighted by atomic mass is 9.82. The van der Waals surface area contributed by atoms with Gasteiger partial charge in [-0.3, -0.25) is 4.79 Å². The minimum absolute atomic E-state index is 0.0243. The number of rotatable bonds is 9. The molecular formula is C26H31NO6. The van der Waals surface area contributed by atoms with Gasteiger partial charge in [-0.1, -0.05) is 32.9 Å². The van der Waals surface area contributed by atoms with Crippen molar-refractivity contribution in [2.75, 3.05) is 26.6 Å². The standard InChI is InChI=1S/C26H31NO6/c1-8-26(3,4)17-10-9-16(2)20(13-17)33-23-12-11-19(32-23)25(28)27-24-21(30-6)14-18(29-5)15-22(24)31-7/h9-15H,8H2,1-7H3,(H,27,28). The Hall–Kier alpha value is -3.61. The van der Waals surface area contributed by atoms with E-state index in [2.05, 4.69) is 32.2 Å². The first-order valence-corrected chi connectivity index (χ1v) is 10.7. The zero-order valence-electron chi connectivity index (χ0n) is 20.2. The normalized spacial score (nSPS) is 11.1. The number of ether oxygens (including phenoxy) is 4. The maximum absolute atomic E-state index is 12.9. The zero-order valence-corrected chi connectivity index (χ0v) is 20.2. The van der Waals surface area contributed by atoms with Crippen LogP contribution in [0.2, 0.25) is 0 Å². The average Bonchev–Trinajstić information content (AvgIpc) is 3.29. The Balaban J connectivity index is 1.82. The van der Waals surface area contributed by atoms with Crippen LogP contribution in [0.5, 0.6) is 28.9 Å². The second-order valence-electron chi connectivity index (χ2n) is 8.30. The molecule has 1 aromatic heterocycles. The largest absolute Gasteiger partial charge is 0.496 e. The van der Waals surface area contributed by atoms with E-state index >= 15 is 0 Å². The van der Waals surface area contributed by atoms with Crippen LogP contribution >= 0.6 is 0 Å². The second kappa shape index (κ2) is 9.90. The third-order valence-electron chi connectivity index (χ3n) is 5.82. The lowest BCUT2D eigenvalue weighted by Crippen LogP contribution is -2.15.